The molecule has 2 aromatic heterocycles. The van der Waals surface area contributed by atoms with Crippen molar-refractivity contribution in [2.75, 3.05) is 7.05 Å². The molecule has 0 radical (unpaired) electrons. The van der Waals surface area contributed by atoms with Gasteiger partial charge in [-0.2, -0.15) is 4.98 Å². The molecule has 15 heavy (non-hydrogen) atoms. The number of pyridine rings is 1. The lowest BCUT2D eigenvalue weighted by Gasteiger charge is -1.90. The lowest BCUT2D eigenvalue weighted by atomic mass is 10.3. The first kappa shape index (κ1) is 9.32. The van der Waals surface area contributed by atoms with E-state index in [1.54, 1.807) is 24.5 Å². The van der Waals surface area contributed by atoms with Crippen LogP contribution >= 0.6 is 0 Å². The largest absolute Gasteiger partial charge is 0.352 e. The predicted octanol–water partition coefficient (Wildman–Crippen LogP) is 0.491. The van der Waals surface area contributed by atoms with E-state index in [-0.39, 0.29) is 11.7 Å². The Hall–Kier alpha value is -2.24. The van der Waals surface area contributed by atoms with Gasteiger partial charge in [0, 0.05) is 25.0 Å². The Morgan fingerprint density at radius 2 is 2.13 bits per heavy atom. The van der Waals surface area contributed by atoms with E-state index in [0.29, 0.717) is 5.89 Å². The van der Waals surface area contributed by atoms with E-state index < -0.39 is 0 Å². The fourth-order valence-electron chi connectivity index (χ4n) is 1.04. The minimum Gasteiger partial charge on any atom is -0.352 e. The minimum absolute atomic E-state index is 0.0179. The third-order valence-corrected chi connectivity index (χ3v) is 1.78. The lowest BCUT2D eigenvalue weighted by Crippen LogP contribution is -2.19. The van der Waals surface area contributed by atoms with Gasteiger partial charge in [-0.05, 0) is 12.1 Å². The second-order valence-electron chi connectivity index (χ2n) is 2.74. The maximum absolute atomic E-state index is 11.1. The Morgan fingerprint density at radius 1 is 1.40 bits per heavy atom. The maximum Gasteiger partial charge on any atom is 0.292 e. The van der Waals surface area contributed by atoms with Gasteiger partial charge in [-0.25, -0.2) is 0 Å². The summed E-state index contributed by atoms with van der Waals surface area (Å²) in [6, 6.07) is 3.45. The van der Waals surface area contributed by atoms with Gasteiger partial charge in [0.1, 0.15) is 0 Å². The summed E-state index contributed by atoms with van der Waals surface area (Å²) in [5, 5.41) is 5.95. The number of amides is 1. The third kappa shape index (κ3) is 1.83. The van der Waals surface area contributed by atoms with E-state index >= 15 is 0 Å². The number of nitrogens with zero attached hydrogens (tertiary/aromatic N) is 3. The van der Waals surface area contributed by atoms with Crippen LogP contribution in [-0.2, 0) is 0 Å². The van der Waals surface area contributed by atoms with Crippen molar-refractivity contribution in [3.8, 4) is 11.5 Å². The van der Waals surface area contributed by atoms with Crippen LogP contribution in [0.25, 0.3) is 11.5 Å². The molecule has 0 atom stereocenters. The Morgan fingerprint density at radius 3 is 2.80 bits per heavy atom. The number of carbonyl (C=O) groups is 1. The fraction of sp³-hybridized carbons (Fsp3) is 0.111. The Kier molecular flexibility index (Phi) is 2.40. The number of aromatic nitrogens is 3. The normalized spacial score (nSPS) is 9.93. The summed E-state index contributed by atoms with van der Waals surface area (Å²) >= 11 is 0. The van der Waals surface area contributed by atoms with Gasteiger partial charge in [0.05, 0.1) is 0 Å². The molecule has 0 unspecified atom stereocenters. The average molecular weight is 204 g/mol. The van der Waals surface area contributed by atoms with Gasteiger partial charge in [0.2, 0.25) is 0 Å². The number of carbonyl (C=O) groups excluding carboxylic acids is 1. The Bertz CT molecular complexity index is 466. The zero-order valence-corrected chi connectivity index (χ0v) is 7.97. The average Bonchev–Trinajstić information content (AvgIpc) is 2.78. The van der Waals surface area contributed by atoms with Crippen LogP contribution in [-0.4, -0.2) is 28.1 Å². The van der Waals surface area contributed by atoms with Gasteiger partial charge in [-0.3, -0.25) is 9.78 Å². The predicted molar refractivity (Wildman–Crippen MR) is 50.9 cm³/mol. The van der Waals surface area contributed by atoms with Crippen LogP contribution in [0.5, 0.6) is 0 Å². The van der Waals surface area contributed by atoms with Crippen molar-refractivity contribution in [2.24, 2.45) is 0 Å². The zero-order chi connectivity index (χ0) is 10.7. The molecule has 0 aliphatic heterocycles. The first-order valence-corrected chi connectivity index (χ1v) is 4.27. The summed E-state index contributed by atoms with van der Waals surface area (Å²) in [6.07, 6.45) is 3.22. The summed E-state index contributed by atoms with van der Waals surface area (Å²) < 4.78 is 4.92. The van der Waals surface area contributed by atoms with Crippen molar-refractivity contribution < 1.29 is 9.32 Å². The number of hydrogen-bond donors (Lipinski definition) is 1. The number of nitrogens with one attached hydrogen (secondary N) is 1. The summed E-state index contributed by atoms with van der Waals surface area (Å²) in [7, 11) is 1.50. The van der Waals surface area contributed by atoms with Crippen molar-refractivity contribution in [3.05, 3.63) is 30.4 Å². The second-order valence-corrected chi connectivity index (χ2v) is 2.74. The van der Waals surface area contributed by atoms with Gasteiger partial charge in [0.25, 0.3) is 17.6 Å². The second kappa shape index (κ2) is 3.87. The molecule has 0 saturated heterocycles. The van der Waals surface area contributed by atoms with Crippen molar-refractivity contribution >= 4 is 5.91 Å². The molecular formula is C9H8N4O2. The van der Waals surface area contributed by atoms with Gasteiger partial charge in [0.15, 0.2) is 0 Å². The first-order valence-electron chi connectivity index (χ1n) is 4.27. The molecular weight excluding hydrogens is 196 g/mol. The van der Waals surface area contributed by atoms with Crippen LogP contribution in [0.2, 0.25) is 0 Å². The lowest BCUT2D eigenvalue weighted by molar-refractivity contribution is 0.0950. The van der Waals surface area contributed by atoms with Crippen LogP contribution in [0.15, 0.2) is 29.0 Å². The quantitative estimate of drug-likeness (QED) is 0.769. The SMILES string of the molecule is CNC(=O)c1noc(-c2ccncc2)n1. The molecule has 2 aromatic rings. The molecule has 0 aliphatic rings. The van der Waals surface area contributed by atoms with Gasteiger partial charge in [-0.15, -0.1) is 0 Å². The molecule has 0 saturated carbocycles. The molecule has 0 fully saturated rings. The van der Waals surface area contributed by atoms with E-state index in [2.05, 4.69) is 20.4 Å². The van der Waals surface area contributed by atoms with E-state index in [1.165, 1.54) is 7.05 Å². The van der Waals surface area contributed by atoms with Gasteiger partial charge < -0.3 is 9.84 Å². The maximum atomic E-state index is 11.1. The van der Waals surface area contributed by atoms with Crippen LogP contribution in [0, 0.1) is 0 Å². The highest BCUT2D eigenvalue weighted by Gasteiger charge is 2.13. The molecule has 1 amide bonds. The molecule has 6 nitrogen and oxygen atoms in total. The highest BCUT2D eigenvalue weighted by atomic mass is 16.5. The van der Waals surface area contributed by atoms with E-state index in [1.807, 2.05) is 0 Å². The first-order chi connectivity index (χ1) is 7.31. The molecule has 2 heterocycles. The summed E-state index contributed by atoms with van der Waals surface area (Å²) in [5.74, 6) is -0.0561. The van der Waals surface area contributed by atoms with Crippen molar-refractivity contribution in [1.29, 1.82) is 0 Å². The molecule has 6 heteroatoms. The zero-order valence-electron chi connectivity index (χ0n) is 7.97. The van der Waals surface area contributed by atoms with Crippen molar-refractivity contribution in [1.82, 2.24) is 20.4 Å². The van der Waals surface area contributed by atoms with Crippen LogP contribution in [0.4, 0.5) is 0 Å². The van der Waals surface area contributed by atoms with Crippen LogP contribution in [0.1, 0.15) is 10.6 Å². The van der Waals surface area contributed by atoms with E-state index in [9.17, 15) is 4.79 Å². The number of hydrogen-bond acceptors (Lipinski definition) is 5. The van der Waals surface area contributed by atoms with E-state index in [4.69, 9.17) is 4.52 Å². The summed E-state index contributed by atoms with van der Waals surface area (Å²) in [6.45, 7) is 0. The minimum atomic E-state index is -0.376. The molecule has 0 bridgehead atoms. The molecule has 76 valence electrons. The monoisotopic (exact) mass is 204 g/mol. The van der Waals surface area contributed by atoms with Gasteiger partial charge in [-0.1, -0.05) is 5.16 Å². The van der Waals surface area contributed by atoms with Gasteiger partial charge >= 0.3 is 0 Å². The fourth-order valence-corrected chi connectivity index (χ4v) is 1.04. The Labute approximate surface area is 85.3 Å². The number of rotatable bonds is 2. The molecule has 0 aliphatic carbocycles. The molecule has 0 aromatic carbocycles. The van der Waals surface area contributed by atoms with Crippen molar-refractivity contribution in [3.63, 3.8) is 0 Å². The van der Waals surface area contributed by atoms with E-state index in [0.717, 1.165) is 5.56 Å². The van der Waals surface area contributed by atoms with Crippen molar-refractivity contribution in [2.45, 2.75) is 0 Å². The summed E-state index contributed by atoms with van der Waals surface area (Å²) in [4.78, 5) is 18.9. The molecule has 2 rings (SSSR count). The molecule has 0 spiro atoms. The standard InChI is InChI=1S/C9H8N4O2/c1-10-8(14)7-12-9(15-13-7)6-2-4-11-5-3-6/h2-5H,1H3,(H,10,14). The third-order valence-electron chi connectivity index (χ3n) is 1.78. The highest BCUT2D eigenvalue weighted by Crippen LogP contribution is 2.14. The van der Waals surface area contributed by atoms with Crippen LogP contribution < -0.4 is 5.32 Å². The van der Waals surface area contributed by atoms with Crippen LogP contribution in [0.3, 0.4) is 0 Å². The topological polar surface area (TPSA) is 80.9 Å². The molecule has 1 N–H and O–H groups in total. The highest BCUT2D eigenvalue weighted by molar-refractivity contribution is 5.90. The Balaban J connectivity index is 2.32. The smallest absolute Gasteiger partial charge is 0.292 e. The summed E-state index contributed by atoms with van der Waals surface area (Å²) in [5.41, 5.74) is 0.729.